The van der Waals surface area contributed by atoms with Crippen LogP contribution in [0.25, 0.3) is 10.8 Å². The van der Waals surface area contributed by atoms with E-state index < -0.39 is 0 Å². The van der Waals surface area contributed by atoms with Gasteiger partial charge in [-0.2, -0.15) is 0 Å². The minimum atomic E-state index is 0.162. The summed E-state index contributed by atoms with van der Waals surface area (Å²) in [5.41, 5.74) is 3.59. The average molecular weight is 348 g/mol. The monoisotopic (exact) mass is 348 g/mol. The molecule has 2 N–H and O–H groups in total. The van der Waals surface area contributed by atoms with Gasteiger partial charge in [-0.15, -0.1) is 0 Å². The maximum absolute atomic E-state index is 5.31. The molecular formula is C21H24N4O. The number of ether oxygens (including phenoxy) is 1. The van der Waals surface area contributed by atoms with Gasteiger partial charge in [0.2, 0.25) is 0 Å². The van der Waals surface area contributed by atoms with Gasteiger partial charge in [0, 0.05) is 18.2 Å². The van der Waals surface area contributed by atoms with Gasteiger partial charge < -0.3 is 15.4 Å². The molecule has 1 aliphatic rings. The molecule has 1 atom stereocenters. The summed E-state index contributed by atoms with van der Waals surface area (Å²) in [6.07, 6.45) is 0.960. The standard InChI is InChI=1S/C21H24N4O/c1-13(15-4-5-17-11-18(26-3)7-6-16(17)10-15)23-21-19-8-9-22-12-20(19)24-14(2)25-21/h4-7,10-11,13,22H,8-9,12H2,1-3H3,(H,23,24,25)/t13-/m1/s1. The highest BCUT2D eigenvalue weighted by Gasteiger charge is 2.18. The fourth-order valence-electron chi connectivity index (χ4n) is 3.53. The molecule has 134 valence electrons. The lowest BCUT2D eigenvalue weighted by atomic mass is 10.0. The van der Waals surface area contributed by atoms with Gasteiger partial charge in [-0.05, 0) is 61.3 Å². The minimum Gasteiger partial charge on any atom is -0.497 e. The highest BCUT2D eigenvalue weighted by atomic mass is 16.5. The number of hydrogen-bond donors (Lipinski definition) is 2. The summed E-state index contributed by atoms with van der Waals surface area (Å²) in [4.78, 5) is 9.26. The number of methoxy groups -OCH3 is 1. The van der Waals surface area contributed by atoms with Crippen molar-refractivity contribution in [2.24, 2.45) is 0 Å². The van der Waals surface area contributed by atoms with Gasteiger partial charge in [0.25, 0.3) is 0 Å². The third kappa shape index (κ3) is 3.22. The van der Waals surface area contributed by atoms with Crippen LogP contribution < -0.4 is 15.4 Å². The van der Waals surface area contributed by atoms with E-state index in [1.165, 1.54) is 21.9 Å². The molecule has 0 unspecified atom stereocenters. The Morgan fingerprint density at radius 3 is 2.77 bits per heavy atom. The van der Waals surface area contributed by atoms with E-state index in [-0.39, 0.29) is 6.04 Å². The molecule has 0 aliphatic carbocycles. The number of benzene rings is 2. The van der Waals surface area contributed by atoms with E-state index in [0.717, 1.165) is 42.6 Å². The predicted octanol–water partition coefficient (Wildman–Crippen LogP) is 3.77. The molecule has 0 saturated carbocycles. The molecule has 0 fully saturated rings. The van der Waals surface area contributed by atoms with Crippen LogP contribution in [-0.4, -0.2) is 23.6 Å². The molecule has 0 bridgehead atoms. The van der Waals surface area contributed by atoms with Gasteiger partial charge in [-0.1, -0.05) is 18.2 Å². The molecule has 1 aromatic heterocycles. The van der Waals surface area contributed by atoms with Crippen LogP contribution in [0.4, 0.5) is 5.82 Å². The number of hydrogen-bond acceptors (Lipinski definition) is 5. The SMILES string of the molecule is COc1ccc2cc([C@@H](C)Nc3nc(C)nc4c3CCNC4)ccc2c1. The Bertz CT molecular complexity index is 954. The Labute approximate surface area is 153 Å². The van der Waals surface area contributed by atoms with Gasteiger partial charge in [0.1, 0.15) is 17.4 Å². The number of aromatic nitrogens is 2. The number of nitrogens with one attached hydrogen (secondary N) is 2. The third-order valence-corrected chi connectivity index (χ3v) is 4.97. The van der Waals surface area contributed by atoms with Gasteiger partial charge in [0.15, 0.2) is 0 Å². The summed E-state index contributed by atoms with van der Waals surface area (Å²) >= 11 is 0. The van der Waals surface area contributed by atoms with Crippen LogP contribution in [0.15, 0.2) is 36.4 Å². The van der Waals surface area contributed by atoms with Crippen LogP contribution >= 0.6 is 0 Å². The molecule has 26 heavy (non-hydrogen) atoms. The van der Waals surface area contributed by atoms with E-state index >= 15 is 0 Å². The fraction of sp³-hybridized carbons (Fsp3) is 0.333. The smallest absolute Gasteiger partial charge is 0.133 e. The topological polar surface area (TPSA) is 59.1 Å². The van der Waals surface area contributed by atoms with Crippen molar-refractivity contribution in [2.75, 3.05) is 19.0 Å². The number of aryl methyl sites for hydroxylation is 1. The number of nitrogens with zero attached hydrogens (tertiary/aromatic N) is 2. The molecule has 2 aromatic carbocycles. The number of rotatable bonds is 4. The Morgan fingerprint density at radius 2 is 1.92 bits per heavy atom. The van der Waals surface area contributed by atoms with Crippen LogP contribution in [0.2, 0.25) is 0 Å². The molecule has 1 aliphatic heterocycles. The highest BCUT2D eigenvalue weighted by Crippen LogP contribution is 2.28. The molecule has 4 rings (SSSR count). The Kier molecular flexibility index (Phi) is 4.47. The predicted molar refractivity (Wildman–Crippen MR) is 105 cm³/mol. The van der Waals surface area contributed by atoms with Crippen molar-refractivity contribution >= 4 is 16.6 Å². The zero-order chi connectivity index (χ0) is 18.1. The lowest BCUT2D eigenvalue weighted by molar-refractivity contribution is 0.415. The van der Waals surface area contributed by atoms with Gasteiger partial charge in [0.05, 0.1) is 12.8 Å². The quantitative estimate of drug-likeness (QED) is 0.752. The van der Waals surface area contributed by atoms with Crippen LogP contribution in [0.5, 0.6) is 5.75 Å². The normalized spacial score (nSPS) is 14.7. The minimum absolute atomic E-state index is 0.162. The molecule has 0 radical (unpaired) electrons. The largest absolute Gasteiger partial charge is 0.497 e. The second-order valence-corrected chi connectivity index (χ2v) is 6.81. The zero-order valence-electron chi connectivity index (χ0n) is 15.5. The summed E-state index contributed by atoms with van der Waals surface area (Å²) < 4.78 is 5.31. The lowest BCUT2D eigenvalue weighted by Gasteiger charge is -2.23. The maximum Gasteiger partial charge on any atom is 0.133 e. The molecule has 3 aromatic rings. The first-order chi connectivity index (χ1) is 12.6. The van der Waals surface area contributed by atoms with Crippen molar-refractivity contribution in [1.29, 1.82) is 0 Å². The van der Waals surface area contributed by atoms with E-state index in [2.05, 4.69) is 57.9 Å². The van der Waals surface area contributed by atoms with E-state index in [4.69, 9.17) is 4.74 Å². The second kappa shape index (κ2) is 6.92. The number of fused-ring (bicyclic) bond motifs is 2. The second-order valence-electron chi connectivity index (χ2n) is 6.81. The number of anilines is 1. The molecule has 2 heterocycles. The van der Waals surface area contributed by atoms with Crippen molar-refractivity contribution in [3.63, 3.8) is 0 Å². The van der Waals surface area contributed by atoms with Gasteiger partial charge >= 0.3 is 0 Å². The molecule has 0 amide bonds. The highest BCUT2D eigenvalue weighted by molar-refractivity contribution is 5.84. The molecule has 5 heteroatoms. The van der Waals surface area contributed by atoms with Crippen LogP contribution in [0, 0.1) is 6.92 Å². The van der Waals surface area contributed by atoms with Crippen molar-refractivity contribution in [3.8, 4) is 5.75 Å². The van der Waals surface area contributed by atoms with E-state index in [1.54, 1.807) is 7.11 Å². The summed E-state index contributed by atoms with van der Waals surface area (Å²) in [5, 5.41) is 9.38. The van der Waals surface area contributed by atoms with Gasteiger partial charge in [-0.25, -0.2) is 9.97 Å². The van der Waals surface area contributed by atoms with Crippen LogP contribution in [0.1, 0.15) is 35.6 Å². The summed E-state index contributed by atoms with van der Waals surface area (Å²) in [5.74, 6) is 2.66. The lowest BCUT2D eigenvalue weighted by Crippen LogP contribution is -2.27. The summed E-state index contributed by atoms with van der Waals surface area (Å²) in [6, 6.07) is 12.9. The average Bonchev–Trinajstić information content (AvgIpc) is 2.67. The van der Waals surface area contributed by atoms with Gasteiger partial charge in [-0.3, -0.25) is 0 Å². The van der Waals surface area contributed by atoms with Crippen LogP contribution in [0.3, 0.4) is 0 Å². The van der Waals surface area contributed by atoms with E-state index in [1.807, 2.05) is 13.0 Å². The Hall–Kier alpha value is -2.66. The summed E-state index contributed by atoms with van der Waals surface area (Å²) in [6.45, 7) is 5.92. The molecule has 5 nitrogen and oxygen atoms in total. The molecule has 0 saturated heterocycles. The molecular weight excluding hydrogens is 324 g/mol. The van der Waals surface area contributed by atoms with E-state index in [9.17, 15) is 0 Å². The third-order valence-electron chi connectivity index (χ3n) is 4.97. The fourth-order valence-corrected chi connectivity index (χ4v) is 3.53. The maximum atomic E-state index is 5.31. The Morgan fingerprint density at radius 1 is 1.12 bits per heavy atom. The van der Waals surface area contributed by atoms with Crippen molar-refractivity contribution in [1.82, 2.24) is 15.3 Å². The first-order valence-corrected chi connectivity index (χ1v) is 9.05. The Balaban J connectivity index is 1.63. The van der Waals surface area contributed by atoms with E-state index in [0.29, 0.717) is 0 Å². The molecule has 0 spiro atoms. The van der Waals surface area contributed by atoms with Crippen molar-refractivity contribution < 1.29 is 4.74 Å². The van der Waals surface area contributed by atoms with Crippen molar-refractivity contribution in [3.05, 3.63) is 59.0 Å². The first-order valence-electron chi connectivity index (χ1n) is 9.05. The summed E-state index contributed by atoms with van der Waals surface area (Å²) in [7, 11) is 1.70. The van der Waals surface area contributed by atoms with Crippen LogP contribution in [-0.2, 0) is 13.0 Å². The van der Waals surface area contributed by atoms with Crippen molar-refractivity contribution in [2.45, 2.75) is 32.9 Å². The first kappa shape index (κ1) is 16.8. The zero-order valence-corrected chi connectivity index (χ0v) is 15.5.